The summed E-state index contributed by atoms with van der Waals surface area (Å²) in [7, 11) is 0. The molecule has 1 aliphatic heterocycles. The van der Waals surface area contributed by atoms with Crippen molar-refractivity contribution < 1.29 is 4.79 Å². The van der Waals surface area contributed by atoms with Crippen molar-refractivity contribution in [3.8, 4) is 0 Å². The molecular formula is C8H14OS2. The van der Waals surface area contributed by atoms with Crippen molar-refractivity contribution in [2.24, 2.45) is 0 Å². The van der Waals surface area contributed by atoms with Crippen molar-refractivity contribution in [3.05, 3.63) is 0 Å². The molecule has 0 aliphatic carbocycles. The first-order chi connectivity index (χ1) is 5.33. The third-order valence-corrected chi connectivity index (χ3v) is 5.03. The van der Waals surface area contributed by atoms with Crippen LogP contribution in [-0.2, 0) is 4.79 Å². The highest BCUT2D eigenvalue weighted by Gasteiger charge is 2.31. The van der Waals surface area contributed by atoms with Gasteiger partial charge in [0.25, 0.3) is 0 Å². The molecule has 1 aliphatic rings. The zero-order valence-electron chi connectivity index (χ0n) is 6.84. The molecule has 64 valence electrons. The summed E-state index contributed by atoms with van der Waals surface area (Å²) in [5.41, 5.74) is 0. The fourth-order valence-electron chi connectivity index (χ4n) is 1.21. The Morgan fingerprint density at radius 2 is 2.09 bits per heavy atom. The zero-order chi connectivity index (χ0) is 8.16. The van der Waals surface area contributed by atoms with Crippen molar-refractivity contribution in [2.75, 3.05) is 11.5 Å². The van der Waals surface area contributed by atoms with E-state index in [1.165, 1.54) is 6.42 Å². The van der Waals surface area contributed by atoms with Crippen LogP contribution < -0.4 is 0 Å². The SMILES string of the molecule is CCCC1(C=O)SCCCS1. The highest BCUT2D eigenvalue weighted by atomic mass is 32.2. The molecule has 0 aromatic carbocycles. The Bertz CT molecular complexity index is 125. The van der Waals surface area contributed by atoms with Gasteiger partial charge < -0.3 is 4.79 Å². The van der Waals surface area contributed by atoms with Crippen LogP contribution in [0.1, 0.15) is 26.2 Å². The van der Waals surface area contributed by atoms with Crippen LogP contribution in [0, 0.1) is 0 Å². The van der Waals surface area contributed by atoms with Gasteiger partial charge in [0.1, 0.15) is 10.4 Å². The van der Waals surface area contributed by atoms with Crippen molar-refractivity contribution in [3.63, 3.8) is 0 Å². The summed E-state index contributed by atoms with van der Waals surface area (Å²) in [4.78, 5) is 10.8. The first-order valence-electron chi connectivity index (χ1n) is 4.07. The largest absolute Gasteiger partial charge is 0.301 e. The average Bonchev–Trinajstić information content (AvgIpc) is 2.07. The molecule has 0 amide bonds. The van der Waals surface area contributed by atoms with E-state index in [1.807, 2.05) is 23.5 Å². The molecule has 0 unspecified atom stereocenters. The lowest BCUT2D eigenvalue weighted by molar-refractivity contribution is -0.108. The standard InChI is InChI=1S/C8H14OS2/c1-2-4-8(7-9)10-5-3-6-11-8/h7H,2-6H2,1H3. The molecule has 0 spiro atoms. The van der Waals surface area contributed by atoms with Gasteiger partial charge in [0.15, 0.2) is 0 Å². The van der Waals surface area contributed by atoms with E-state index >= 15 is 0 Å². The summed E-state index contributed by atoms with van der Waals surface area (Å²) in [6.07, 6.45) is 4.55. The number of thioether (sulfide) groups is 2. The molecular weight excluding hydrogens is 176 g/mol. The van der Waals surface area contributed by atoms with E-state index in [9.17, 15) is 4.79 Å². The van der Waals surface area contributed by atoms with Crippen molar-refractivity contribution in [1.29, 1.82) is 0 Å². The first kappa shape index (κ1) is 9.46. The second kappa shape index (κ2) is 4.41. The lowest BCUT2D eigenvalue weighted by atomic mass is 10.2. The van der Waals surface area contributed by atoms with Crippen LogP contribution >= 0.6 is 23.5 Å². The normalized spacial score (nSPS) is 23.0. The quantitative estimate of drug-likeness (QED) is 0.637. The Hall–Kier alpha value is 0.370. The molecule has 11 heavy (non-hydrogen) atoms. The van der Waals surface area contributed by atoms with Crippen LogP contribution in [0.2, 0.25) is 0 Å². The van der Waals surface area contributed by atoms with Gasteiger partial charge in [-0.2, -0.15) is 0 Å². The molecule has 0 aromatic rings. The Morgan fingerprint density at radius 3 is 2.55 bits per heavy atom. The second-order valence-corrected chi connectivity index (χ2v) is 5.84. The molecule has 0 radical (unpaired) electrons. The fraction of sp³-hybridized carbons (Fsp3) is 0.875. The van der Waals surface area contributed by atoms with E-state index in [0.29, 0.717) is 0 Å². The third-order valence-electron chi connectivity index (χ3n) is 1.76. The Kier molecular flexibility index (Phi) is 3.79. The van der Waals surface area contributed by atoms with Crippen molar-refractivity contribution in [2.45, 2.75) is 30.3 Å². The highest BCUT2D eigenvalue weighted by Crippen LogP contribution is 2.43. The van der Waals surface area contributed by atoms with Crippen LogP contribution in [-0.4, -0.2) is 21.9 Å². The molecule has 0 bridgehead atoms. The monoisotopic (exact) mass is 190 g/mol. The lowest BCUT2D eigenvalue weighted by Gasteiger charge is -2.30. The van der Waals surface area contributed by atoms with E-state index in [4.69, 9.17) is 0 Å². The Balaban J connectivity index is 2.49. The zero-order valence-corrected chi connectivity index (χ0v) is 8.47. The Morgan fingerprint density at radius 1 is 1.45 bits per heavy atom. The van der Waals surface area contributed by atoms with Gasteiger partial charge in [-0.15, -0.1) is 23.5 Å². The molecule has 0 saturated carbocycles. The van der Waals surface area contributed by atoms with Crippen molar-refractivity contribution in [1.82, 2.24) is 0 Å². The summed E-state index contributed by atoms with van der Waals surface area (Å²) in [5.74, 6) is 2.32. The van der Waals surface area contributed by atoms with E-state index in [2.05, 4.69) is 6.92 Å². The summed E-state index contributed by atoms with van der Waals surface area (Å²) in [5, 5.41) is 0. The minimum absolute atomic E-state index is 0.0764. The van der Waals surface area contributed by atoms with Crippen LogP contribution in [0.25, 0.3) is 0 Å². The van der Waals surface area contributed by atoms with Gasteiger partial charge in [-0.3, -0.25) is 0 Å². The minimum atomic E-state index is -0.0764. The van der Waals surface area contributed by atoms with Gasteiger partial charge in [0, 0.05) is 0 Å². The van der Waals surface area contributed by atoms with Crippen LogP contribution in [0.4, 0.5) is 0 Å². The van der Waals surface area contributed by atoms with Crippen LogP contribution in [0.5, 0.6) is 0 Å². The van der Waals surface area contributed by atoms with Gasteiger partial charge in [-0.1, -0.05) is 13.3 Å². The van der Waals surface area contributed by atoms with E-state index < -0.39 is 0 Å². The predicted octanol–water partition coefficient (Wildman–Crippen LogP) is 2.55. The summed E-state index contributed by atoms with van der Waals surface area (Å²) >= 11 is 3.66. The Labute approximate surface area is 76.7 Å². The van der Waals surface area contributed by atoms with Gasteiger partial charge >= 0.3 is 0 Å². The molecule has 1 saturated heterocycles. The number of carbonyl (C=O) groups excluding carboxylic acids is 1. The molecule has 1 heterocycles. The van der Waals surface area contributed by atoms with Gasteiger partial charge in [0.05, 0.1) is 0 Å². The second-order valence-electron chi connectivity index (χ2n) is 2.73. The molecule has 0 N–H and O–H groups in total. The van der Waals surface area contributed by atoms with Gasteiger partial charge in [-0.05, 0) is 24.3 Å². The lowest BCUT2D eigenvalue weighted by Crippen LogP contribution is -2.26. The van der Waals surface area contributed by atoms with E-state index in [0.717, 1.165) is 30.6 Å². The maximum absolute atomic E-state index is 10.8. The number of hydrogen-bond donors (Lipinski definition) is 0. The minimum Gasteiger partial charge on any atom is -0.301 e. The maximum Gasteiger partial charge on any atom is 0.146 e. The summed E-state index contributed by atoms with van der Waals surface area (Å²) in [6, 6.07) is 0. The van der Waals surface area contributed by atoms with Gasteiger partial charge in [0.2, 0.25) is 0 Å². The predicted molar refractivity (Wildman–Crippen MR) is 53.2 cm³/mol. The number of hydrogen-bond acceptors (Lipinski definition) is 3. The van der Waals surface area contributed by atoms with Gasteiger partial charge in [-0.25, -0.2) is 0 Å². The molecule has 0 aromatic heterocycles. The smallest absolute Gasteiger partial charge is 0.146 e. The summed E-state index contributed by atoms with van der Waals surface area (Å²) < 4.78 is -0.0764. The third kappa shape index (κ3) is 2.41. The topological polar surface area (TPSA) is 17.1 Å². The molecule has 0 atom stereocenters. The number of rotatable bonds is 3. The average molecular weight is 190 g/mol. The molecule has 1 fully saturated rings. The number of carbonyl (C=O) groups is 1. The molecule has 1 nitrogen and oxygen atoms in total. The van der Waals surface area contributed by atoms with E-state index in [-0.39, 0.29) is 4.08 Å². The molecule has 3 heteroatoms. The van der Waals surface area contributed by atoms with Crippen LogP contribution in [0.15, 0.2) is 0 Å². The summed E-state index contributed by atoms with van der Waals surface area (Å²) in [6.45, 7) is 2.14. The number of aldehydes is 1. The first-order valence-corrected chi connectivity index (χ1v) is 6.04. The molecule has 1 rings (SSSR count). The van der Waals surface area contributed by atoms with E-state index in [1.54, 1.807) is 0 Å². The highest BCUT2D eigenvalue weighted by molar-refractivity contribution is 8.19. The van der Waals surface area contributed by atoms with Crippen LogP contribution in [0.3, 0.4) is 0 Å². The maximum atomic E-state index is 10.8. The fourth-order valence-corrected chi connectivity index (χ4v) is 4.33. The van der Waals surface area contributed by atoms with Crippen molar-refractivity contribution >= 4 is 29.8 Å².